The molecule has 1 N–H and O–H groups in total. The molecular weight excluding hydrogens is 400 g/mol. The van der Waals surface area contributed by atoms with Crippen molar-refractivity contribution in [2.24, 2.45) is 0 Å². The SMILES string of the molecule is Cc1c(C(=O)Nc2ccccc2-n2ccnn2)sc2nc3n(c(=O)c12)CCCCC3. The van der Waals surface area contributed by atoms with Crippen LogP contribution in [0.4, 0.5) is 5.69 Å². The van der Waals surface area contributed by atoms with E-state index >= 15 is 0 Å². The first kappa shape index (κ1) is 18.7. The van der Waals surface area contributed by atoms with E-state index in [0.29, 0.717) is 38.6 Å². The first-order chi connectivity index (χ1) is 14.6. The summed E-state index contributed by atoms with van der Waals surface area (Å²) in [6.45, 7) is 2.52. The maximum Gasteiger partial charge on any atom is 0.266 e. The number of hydrogen-bond acceptors (Lipinski definition) is 6. The number of para-hydroxylation sites is 2. The normalized spacial score (nSPS) is 13.8. The van der Waals surface area contributed by atoms with Crippen molar-refractivity contribution in [1.29, 1.82) is 0 Å². The van der Waals surface area contributed by atoms with Crippen LogP contribution >= 0.6 is 11.3 Å². The lowest BCUT2D eigenvalue weighted by Crippen LogP contribution is -2.24. The third-order valence-electron chi connectivity index (χ3n) is 5.44. The zero-order valence-electron chi connectivity index (χ0n) is 16.5. The van der Waals surface area contributed by atoms with Crippen LogP contribution in [-0.2, 0) is 13.0 Å². The second-order valence-electron chi connectivity index (χ2n) is 7.35. The molecule has 1 aliphatic rings. The summed E-state index contributed by atoms with van der Waals surface area (Å²) >= 11 is 1.28. The number of nitrogens with zero attached hydrogens (tertiary/aromatic N) is 5. The van der Waals surface area contributed by atoms with Gasteiger partial charge < -0.3 is 5.32 Å². The van der Waals surface area contributed by atoms with Crippen LogP contribution in [0, 0.1) is 6.92 Å². The van der Waals surface area contributed by atoms with E-state index in [9.17, 15) is 9.59 Å². The van der Waals surface area contributed by atoms with Gasteiger partial charge in [-0.25, -0.2) is 9.67 Å². The Balaban J connectivity index is 1.55. The fourth-order valence-electron chi connectivity index (χ4n) is 3.92. The summed E-state index contributed by atoms with van der Waals surface area (Å²) in [5.41, 5.74) is 1.98. The lowest BCUT2D eigenvalue weighted by atomic mass is 10.2. The van der Waals surface area contributed by atoms with Gasteiger partial charge in [0.05, 0.1) is 34.0 Å². The van der Waals surface area contributed by atoms with Crippen LogP contribution in [0.25, 0.3) is 15.9 Å². The van der Waals surface area contributed by atoms with Crippen molar-refractivity contribution in [3.63, 3.8) is 0 Å². The predicted octanol–water partition coefficient (Wildman–Crippen LogP) is 3.33. The van der Waals surface area contributed by atoms with Gasteiger partial charge in [0.2, 0.25) is 0 Å². The number of carbonyl (C=O) groups is 1. The van der Waals surface area contributed by atoms with Gasteiger partial charge in [-0.05, 0) is 37.5 Å². The molecule has 0 bridgehead atoms. The smallest absolute Gasteiger partial charge is 0.266 e. The van der Waals surface area contributed by atoms with Crippen molar-refractivity contribution in [3.8, 4) is 5.69 Å². The highest BCUT2D eigenvalue weighted by Gasteiger charge is 2.23. The fourth-order valence-corrected chi connectivity index (χ4v) is 5.01. The van der Waals surface area contributed by atoms with Gasteiger partial charge in [0.15, 0.2) is 0 Å². The van der Waals surface area contributed by atoms with E-state index in [-0.39, 0.29) is 11.5 Å². The summed E-state index contributed by atoms with van der Waals surface area (Å²) < 4.78 is 3.38. The van der Waals surface area contributed by atoms with E-state index in [4.69, 9.17) is 4.98 Å². The van der Waals surface area contributed by atoms with E-state index in [2.05, 4.69) is 15.6 Å². The van der Waals surface area contributed by atoms with Gasteiger partial charge in [-0.1, -0.05) is 23.8 Å². The second kappa shape index (κ2) is 7.49. The number of rotatable bonds is 3. The number of fused-ring (bicyclic) bond motifs is 2. The molecule has 1 amide bonds. The van der Waals surface area contributed by atoms with Gasteiger partial charge in [-0.2, -0.15) is 0 Å². The molecule has 0 fully saturated rings. The van der Waals surface area contributed by atoms with Crippen molar-refractivity contribution >= 4 is 33.1 Å². The zero-order chi connectivity index (χ0) is 20.7. The van der Waals surface area contributed by atoms with E-state index in [1.807, 2.05) is 31.2 Å². The van der Waals surface area contributed by atoms with Crippen LogP contribution in [0.5, 0.6) is 0 Å². The Morgan fingerprint density at radius 2 is 2.07 bits per heavy atom. The number of thiophene rings is 1. The predicted molar refractivity (Wildman–Crippen MR) is 115 cm³/mol. The third-order valence-corrected chi connectivity index (χ3v) is 6.62. The standard InChI is InChI=1S/C21H20N6O2S/c1-13-17-20(24-16-9-3-2-6-11-26(16)21(17)29)30-18(13)19(28)23-14-7-4-5-8-15(14)27-12-10-22-25-27/h4-5,7-8,10,12H,2-3,6,9,11H2,1H3,(H,23,28). The summed E-state index contributed by atoms with van der Waals surface area (Å²) in [7, 11) is 0. The Morgan fingerprint density at radius 3 is 2.90 bits per heavy atom. The number of aryl methyl sites for hydroxylation is 2. The lowest BCUT2D eigenvalue weighted by molar-refractivity contribution is 0.103. The zero-order valence-corrected chi connectivity index (χ0v) is 17.3. The highest BCUT2D eigenvalue weighted by molar-refractivity contribution is 7.20. The lowest BCUT2D eigenvalue weighted by Gasteiger charge is -2.10. The largest absolute Gasteiger partial charge is 0.319 e. The summed E-state index contributed by atoms with van der Waals surface area (Å²) in [6, 6.07) is 7.38. The number of amides is 1. The van der Waals surface area contributed by atoms with Gasteiger partial charge in [0, 0.05) is 13.0 Å². The molecule has 4 aromatic rings. The number of anilines is 1. The molecule has 8 nitrogen and oxygen atoms in total. The van der Waals surface area contributed by atoms with Crippen molar-refractivity contribution in [2.75, 3.05) is 5.32 Å². The van der Waals surface area contributed by atoms with Crippen LogP contribution in [-0.4, -0.2) is 30.5 Å². The minimum atomic E-state index is -0.261. The molecule has 0 radical (unpaired) electrons. The maximum absolute atomic E-state index is 13.1. The van der Waals surface area contributed by atoms with Crippen molar-refractivity contribution in [1.82, 2.24) is 24.5 Å². The van der Waals surface area contributed by atoms with E-state index in [1.165, 1.54) is 11.3 Å². The monoisotopic (exact) mass is 420 g/mol. The highest BCUT2D eigenvalue weighted by Crippen LogP contribution is 2.30. The van der Waals surface area contributed by atoms with Crippen molar-refractivity contribution in [3.05, 3.63) is 63.3 Å². The van der Waals surface area contributed by atoms with Crippen LogP contribution in [0.3, 0.4) is 0 Å². The second-order valence-corrected chi connectivity index (χ2v) is 8.35. The number of hydrogen-bond donors (Lipinski definition) is 1. The van der Waals surface area contributed by atoms with E-state index < -0.39 is 0 Å². The number of benzene rings is 1. The van der Waals surface area contributed by atoms with Gasteiger partial charge in [-0.15, -0.1) is 16.4 Å². The molecule has 0 saturated carbocycles. The van der Waals surface area contributed by atoms with Crippen LogP contribution in [0.1, 0.15) is 40.3 Å². The minimum absolute atomic E-state index is 0.0345. The Kier molecular flexibility index (Phi) is 4.66. The molecule has 0 atom stereocenters. The first-order valence-corrected chi connectivity index (χ1v) is 10.7. The molecule has 0 aliphatic carbocycles. The Bertz CT molecular complexity index is 1310. The Hall–Kier alpha value is -3.33. The molecule has 4 heterocycles. The molecule has 9 heteroatoms. The average Bonchev–Trinajstić information content (AvgIpc) is 3.31. The molecule has 30 heavy (non-hydrogen) atoms. The van der Waals surface area contributed by atoms with Crippen molar-refractivity contribution in [2.45, 2.75) is 39.2 Å². The van der Waals surface area contributed by atoms with Gasteiger partial charge >= 0.3 is 0 Å². The van der Waals surface area contributed by atoms with Gasteiger partial charge in [0.1, 0.15) is 10.7 Å². The first-order valence-electron chi connectivity index (χ1n) is 9.93. The summed E-state index contributed by atoms with van der Waals surface area (Å²) in [4.78, 5) is 32.1. The summed E-state index contributed by atoms with van der Waals surface area (Å²) in [5.74, 6) is 0.567. The van der Waals surface area contributed by atoms with Crippen LogP contribution < -0.4 is 10.9 Å². The van der Waals surface area contributed by atoms with Crippen LogP contribution in [0.2, 0.25) is 0 Å². The molecule has 1 aliphatic heterocycles. The molecule has 0 saturated heterocycles. The molecule has 152 valence electrons. The van der Waals surface area contributed by atoms with Gasteiger partial charge in [0.25, 0.3) is 11.5 Å². The fraction of sp³-hybridized carbons (Fsp3) is 0.286. The number of nitrogens with one attached hydrogen (secondary N) is 1. The van der Waals surface area contributed by atoms with Gasteiger partial charge in [-0.3, -0.25) is 14.2 Å². The summed E-state index contributed by atoms with van der Waals surface area (Å²) in [6.07, 6.45) is 7.22. The Labute approximate surface area is 176 Å². The maximum atomic E-state index is 13.1. The molecule has 5 rings (SSSR count). The number of carbonyl (C=O) groups excluding carboxylic acids is 1. The summed E-state index contributed by atoms with van der Waals surface area (Å²) in [5, 5.41) is 11.4. The van der Waals surface area contributed by atoms with E-state index in [1.54, 1.807) is 21.6 Å². The van der Waals surface area contributed by atoms with E-state index in [0.717, 1.165) is 31.5 Å². The van der Waals surface area contributed by atoms with Crippen LogP contribution in [0.15, 0.2) is 41.5 Å². The molecule has 0 spiro atoms. The molecule has 0 unspecified atom stereocenters. The average molecular weight is 420 g/mol. The Morgan fingerprint density at radius 1 is 1.20 bits per heavy atom. The topological polar surface area (TPSA) is 94.7 Å². The minimum Gasteiger partial charge on any atom is -0.319 e. The highest BCUT2D eigenvalue weighted by atomic mass is 32.1. The molecular formula is C21H20N6O2S. The third kappa shape index (κ3) is 3.11. The quantitative estimate of drug-likeness (QED) is 0.549. The number of aromatic nitrogens is 5. The van der Waals surface area contributed by atoms with Crippen molar-refractivity contribution < 1.29 is 4.79 Å². The molecule has 3 aromatic heterocycles. The molecule has 1 aromatic carbocycles.